The molecule has 1 N–H and O–H groups in total. The first-order valence-electron chi connectivity index (χ1n) is 5.55. The lowest BCUT2D eigenvalue weighted by Crippen LogP contribution is -2.26. The number of hydrogen-bond donors (Lipinski definition) is 1. The highest BCUT2D eigenvalue weighted by Gasteiger charge is 2.33. The Morgan fingerprint density at radius 1 is 1.32 bits per heavy atom. The van der Waals surface area contributed by atoms with Crippen LogP contribution in [0.2, 0.25) is 0 Å². The summed E-state index contributed by atoms with van der Waals surface area (Å²) in [5, 5.41) is 9.03. The van der Waals surface area contributed by atoms with Crippen LogP contribution in [0.3, 0.4) is 0 Å². The van der Waals surface area contributed by atoms with E-state index in [9.17, 15) is 18.0 Å². The van der Waals surface area contributed by atoms with Gasteiger partial charge in [-0.15, -0.1) is 0 Å². The van der Waals surface area contributed by atoms with Crippen LogP contribution in [-0.4, -0.2) is 18.2 Å². The summed E-state index contributed by atoms with van der Waals surface area (Å²) in [5.74, 6) is -0.974. The molecule has 0 bridgehead atoms. The largest absolute Gasteiger partial charge is 0.496 e. The van der Waals surface area contributed by atoms with Crippen LogP contribution in [0.4, 0.5) is 13.2 Å². The van der Waals surface area contributed by atoms with Crippen molar-refractivity contribution in [3.63, 3.8) is 0 Å². The van der Waals surface area contributed by atoms with E-state index < -0.39 is 23.1 Å². The lowest BCUT2D eigenvalue weighted by Gasteiger charge is -2.21. The SMILES string of the molecule is COc1cc(C(F)(F)F)ccc1CC(C)(C)C(=O)O. The Hall–Kier alpha value is -1.72. The van der Waals surface area contributed by atoms with Crippen molar-refractivity contribution in [1.82, 2.24) is 0 Å². The van der Waals surface area contributed by atoms with Gasteiger partial charge in [-0.25, -0.2) is 0 Å². The van der Waals surface area contributed by atoms with Gasteiger partial charge in [-0.1, -0.05) is 6.07 Å². The number of methoxy groups -OCH3 is 1. The lowest BCUT2D eigenvalue weighted by molar-refractivity contribution is -0.147. The van der Waals surface area contributed by atoms with Gasteiger partial charge in [0.15, 0.2) is 0 Å². The number of rotatable bonds is 4. The summed E-state index contributed by atoms with van der Waals surface area (Å²) in [4.78, 5) is 11.0. The Morgan fingerprint density at radius 2 is 1.89 bits per heavy atom. The van der Waals surface area contributed by atoms with E-state index in [1.54, 1.807) is 0 Å². The van der Waals surface area contributed by atoms with E-state index in [2.05, 4.69) is 0 Å². The zero-order chi connectivity index (χ0) is 14.8. The van der Waals surface area contributed by atoms with Crippen molar-refractivity contribution >= 4 is 5.97 Å². The van der Waals surface area contributed by atoms with Gasteiger partial charge in [0.1, 0.15) is 5.75 Å². The van der Waals surface area contributed by atoms with Crippen molar-refractivity contribution in [2.45, 2.75) is 26.4 Å². The Morgan fingerprint density at radius 3 is 2.32 bits per heavy atom. The van der Waals surface area contributed by atoms with Crippen LogP contribution >= 0.6 is 0 Å². The van der Waals surface area contributed by atoms with Crippen LogP contribution in [0.15, 0.2) is 18.2 Å². The minimum Gasteiger partial charge on any atom is -0.496 e. The molecule has 106 valence electrons. The van der Waals surface area contributed by atoms with Crippen molar-refractivity contribution < 1.29 is 27.8 Å². The normalized spacial score (nSPS) is 12.3. The molecule has 1 rings (SSSR count). The first-order chi connectivity index (χ1) is 8.58. The van der Waals surface area contributed by atoms with Gasteiger partial charge in [0, 0.05) is 0 Å². The maximum atomic E-state index is 12.6. The molecule has 1 aromatic rings. The second kappa shape index (κ2) is 5.11. The van der Waals surface area contributed by atoms with Crippen LogP contribution < -0.4 is 4.74 Å². The van der Waals surface area contributed by atoms with Gasteiger partial charge in [-0.05, 0) is 38.0 Å². The highest BCUT2D eigenvalue weighted by molar-refractivity contribution is 5.74. The Bertz CT molecular complexity index is 479. The second-order valence-electron chi connectivity index (χ2n) is 4.89. The molecule has 0 aliphatic heterocycles. The van der Waals surface area contributed by atoms with E-state index in [0.29, 0.717) is 5.56 Å². The van der Waals surface area contributed by atoms with Crippen molar-refractivity contribution in [1.29, 1.82) is 0 Å². The van der Waals surface area contributed by atoms with E-state index in [1.807, 2.05) is 0 Å². The summed E-state index contributed by atoms with van der Waals surface area (Å²) in [5.41, 5.74) is -1.46. The van der Waals surface area contributed by atoms with Crippen LogP contribution in [0, 0.1) is 5.41 Å². The van der Waals surface area contributed by atoms with E-state index in [1.165, 1.54) is 27.0 Å². The van der Waals surface area contributed by atoms with Gasteiger partial charge in [0.25, 0.3) is 0 Å². The zero-order valence-corrected chi connectivity index (χ0v) is 10.8. The third-order valence-electron chi connectivity index (χ3n) is 2.83. The molecule has 0 saturated heterocycles. The average Bonchev–Trinajstić information content (AvgIpc) is 2.27. The van der Waals surface area contributed by atoms with Crippen molar-refractivity contribution in [3.05, 3.63) is 29.3 Å². The van der Waals surface area contributed by atoms with Gasteiger partial charge in [-0.2, -0.15) is 13.2 Å². The maximum absolute atomic E-state index is 12.6. The van der Waals surface area contributed by atoms with Crippen LogP contribution in [0.5, 0.6) is 5.75 Å². The van der Waals surface area contributed by atoms with Crippen molar-refractivity contribution in [2.24, 2.45) is 5.41 Å². The highest BCUT2D eigenvalue weighted by atomic mass is 19.4. The summed E-state index contributed by atoms with van der Waals surface area (Å²) in [6.07, 6.45) is -4.36. The summed E-state index contributed by atoms with van der Waals surface area (Å²) in [7, 11) is 1.26. The smallest absolute Gasteiger partial charge is 0.416 e. The molecule has 0 spiro atoms. The van der Waals surface area contributed by atoms with E-state index in [4.69, 9.17) is 9.84 Å². The summed E-state index contributed by atoms with van der Waals surface area (Å²) in [6, 6.07) is 3.06. The summed E-state index contributed by atoms with van der Waals surface area (Å²) < 4.78 is 42.6. The molecule has 3 nitrogen and oxygen atoms in total. The van der Waals surface area contributed by atoms with Crippen LogP contribution in [0.25, 0.3) is 0 Å². The average molecular weight is 276 g/mol. The van der Waals surface area contributed by atoms with E-state index in [-0.39, 0.29) is 12.2 Å². The van der Waals surface area contributed by atoms with Gasteiger partial charge < -0.3 is 9.84 Å². The van der Waals surface area contributed by atoms with Crippen molar-refractivity contribution in [2.75, 3.05) is 7.11 Å². The molecule has 0 aromatic heterocycles. The first-order valence-corrected chi connectivity index (χ1v) is 5.55. The molecule has 6 heteroatoms. The topological polar surface area (TPSA) is 46.5 Å². The number of alkyl halides is 3. The molecular formula is C13H15F3O3. The first kappa shape index (κ1) is 15.3. The summed E-state index contributed by atoms with van der Waals surface area (Å²) in [6.45, 7) is 3.01. The quantitative estimate of drug-likeness (QED) is 0.917. The molecule has 0 heterocycles. The fraction of sp³-hybridized carbons (Fsp3) is 0.462. The Balaban J connectivity index is 3.14. The number of carbonyl (C=O) groups is 1. The standard InChI is InChI=1S/C13H15F3O3/c1-12(2,11(17)18)7-8-4-5-9(13(14,15)16)6-10(8)19-3/h4-6H,7H2,1-3H3,(H,17,18). The highest BCUT2D eigenvalue weighted by Crippen LogP contribution is 2.35. The van der Waals surface area contributed by atoms with E-state index >= 15 is 0 Å². The molecule has 0 saturated carbocycles. The molecule has 19 heavy (non-hydrogen) atoms. The number of hydrogen-bond acceptors (Lipinski definition) is 2. The van der Waals surface area contributed by atoms with Crippen LogP contribution in [-0.2, 0) is 17.4 Å². The fourth-order valence-electron chi connectivity index (χ4n) is 1.62. The second-order valence-corrected chi connectivity index (χ2v) is 4.89. The number of aliphatic carboxylic acids is 1. The minimum absolute atomic E-state index is 0.0455. The fourth-order valence-corrected chi connectivity index (χ4v) is 1.62. The maximum Gasteiger partial charge on any atom is 0.416 e. The monoisotopic (exact) mass is 276 g/mol. The van der Waals surface area contributed by atoms with Crippen LogP contribution in [0.1, 0.15) is 25.0 Å². The molecule has 0 atom stereocenters. The lowest BCUT2D eigenvalue weighted by atomic mass is 9.85. The molecule has 0 unspecified atom stereocenters. The summed E-state index contributed by atoms with van der Waals surface area (Å²) >= 11 is 0. The predicted molar refractivity (Wildman–Crippen MR) is 63.1 cm³/mol. The molecular weight excluding hydrogens is 261 g/mol. The predicted octanol–water partition coefficient (Wildman–Crippen LogP) is 3.37. The van der Waals surface area contributed by atoms with Gasteiger partial charge in [-0.3, -0.25) is 4.79 Å². The minimum atomic E-state index is -4.45. The van der Waals surface area contributed by atoms with Crippen molar-refractivity contribution in [3.8, 4) is 5.75 Å². The number of carboxylic acids is 1. The third-order valence-corrected chi connectivity index (χ3v) is 2.83. The van der Waals surface area contributed by atoms with Gasteiger partial charge in [0.05, 0.1) is 18.1 Å². The molecule has 0 amide bonds. The number of carboxylic acid groups (broad SMARTS) is 1. The zero-order valence-electron chi connectivity index (χ0n) is 10.8. The number of ether oxygens (including phenoxy) is 1. The number of halogens is 3. The molecule has 0 aliphatic rings. The van der Waals surface area contributed by atoms with E-state index in [0.717, 1.165) is 12.1 Å². The molecule has 1 aromatic carbocycles. The Labute approximate surface area is 109 Å². The molecule has 0 fully saturated rings. The third kappa shape index (κ3) is 3.62. The Kier molecular flexibility index (Phi) is 4.12. The van der Waals surface area contributed by atoms with Gasteiger partial charge >= 0.3 is 12.1 Å². The molecule has 0 aliphatic carbocycles. The van der Waals surface area contributed by atoms with Gasteiger partial charge in [0.2, 0.25) is 0 Å². The molecule has 0 radical (unpaired) electrons. The number of benzene rings is 1.